The number of benzene rings is 2. The lowest BCUT2D eigenvalue weighted by atomic mass is 10.1. The lowest BCUT2D eigenvalue weighted by Crippen LogP contribution is -2.09. The minimum absolute atomic E-state index is 0.379. The molecule has 0 saturated carbocycles. The highest BCUT2D eigenvalue weighted by Crippen LogP contribution is 2.37. The van der Waals surface area contributed by atoms with Crippen molar-refractivity contribution >= 4 is 32.8 Å². The molecule has 0 radical (unpaired) electrons. The molecule has 3 aromatic rings. The molecule has 0 amide bonds. The van der Waals surface area contributed by atoms with Gasteiger partial charge in [0, 0.05) is 17.1 Å². The van der Waals surface area contributed by atoms with Crippen LogP contribution in [0, 0.1) is 6.92 Å². The molecule has 0 aliphatic heterocycles. The Morgan fingerprint density at radius 3 is 2.73 bits per heavy atom. The van der Waals surface area contributed by atoms with E-state index in [1.54, 1.807) is 12.1 Å². The molecule has 1 heterocycles. The number of hydrogen-bond donors (Lipinski definition) is 2. The van der Waals surface area contributed by atoms with Crippen molar-refractivity contribution in [2.75, 3.05) is 6.61 Å². The van der Waals surface area contributed by atoms with Crippen LogP contribution in [0.4, 0.5) is 0 Å². The van der Waals surface area contributed by atoms with E-state index >= 15 is 0 Å². The van der Waals surface area contributed by atoms with E-state index in [9.17, 15) is 4.79 Å². The third-order valence-corrected chi connectivity index (χ3v) is 4.63. The van der Waals surface area contributed by atoms with Crippen LogP contribution in [0.2, 0.25) is 0 Å². The molecule has 0 aliphatic carbocycles. The van der Waals surface area contributed by atoms with E-state index in [1.807, 2.05) is 31.3 Å². The normalized spacial score (nSPS) is 10.9. The van der Waals surface area contributed by atoms with Gasteiger partial charge in [0.15, 0.2) is 6.61 Å². The topological polar surface area (TPSA) is 71.5 Å². The first-order valence-corrected chi connectivity index (χ1v) is 9.20. The second kappa shape index (κ2) is 7.83. The minimum Gasteiger partial charge on any atom is -0.482 e. The van der Waals surface area contributed by atoms with Gasteiger partial charge in [0.25, 0.3) is 0 Å². The van der Waals surface area contributed by atoms with Crippen LogP contribution in [0.1, 0.15) is 24.5 Å². The van der Waals surface area contributed by atoms with Gasteiger partial charge in [0.05, 0.1) is 4.47 Å². The summed E-state index contributed by atoms with van der Waals surface area (Å²) in [6, 6.07) is 9.45. The Balaban J connectivity index is 1.87. The van der Waals surface area contributed by atoms with Crippen LogP contribution in [0.25, 0.3) is 10.9 Å². The first-order chi connectivity index (χ1) is 12.5. The molecule has 26 heavy (non-hydrogen) atoms. The largest absolute Gasteiger partial charge is 0.482 e. The fourth-order valence-corrected chi connectivity index (χ4v) is 3.49. The fourth-order valence-electron chi connectivity index (χ4n) is 2.87. The number of carboxylic acids is 1. The summed E-state index contributed by atoms with van der Waals surface area (Å²) in [5, 5.41) is 9.89. The van der Waals surface area contributed by atoms with Gasteiger partial charge in [-0.25, -0.2) is 4.79 Å². The number of carbonyl (C=O) groups is 1. The maximum absolute atomic E-state index is 10.6. The van der Waals surface area contributed by atoms with Crippen LogP contribution in [-0.2, 0) is 11.2 Å². The molecule has 3 rings (SSSR count). The number of aryl methyl sites for hydroxylation is 2. The molecule has 5 nitrogen and oxygen atoms in total. The van der Waals surface area contributed by atoms with Crippen LogP contribution in [0.15, 0.2) is 41.0 Å². The van der Waals surface area contributed by atoms with Gasteiger partial charge >= 0.3 is 5.97 Å². The number of aliphatic carboxylic acids is 1. The lowest BCUT2D eigenvalue weighted by molar-refractivity contribution is -0.139. The van der Waals surface area contributed by atoms with Crippen molar-refractivity contribution in [3.05, 3.63) is 52.1 Å². The SMILES string of the molecule is CCCc1c[nH]c2ccc(Oc3c(C)cc(OCC(=O)O)cc3Br)cc12. The number of H-pyrrole nitrogens is 1. The van der Waals surface area contributed by atoms with Gasteiger partial charge in [-0.05, 0) is 70.7 Å². The molecular formula is C20H20BrNO4. The number of aromatic amines is 1. The van der Waals surface area contributed by atoms with Crippen molar-refractivity contribution in [3.63, 3.8) is 0 Å². The Morgan fingerprint density at radius 2 is 2.04 bits per heavy atom. The van der Waals surface area contributed by atoms with E-state index in [2.05, 4.69) is 27.8 Å². The standard InChI is InChI=1S/C20H20BrNO4/c1-3-4-13-10-22-18-6-5-14(8-16(13)18)26-20-12(2)7-15(9-17(20)21)25-11-19(23)24/h5-10,22H,3-4,11H2,1-2H3,(H,23,24). The molecule has 0 bridgehead atoms. The Morgan fingerprint density at radius 1 is 1.23 bits per heavy atom. The Kier molecular flexibility index (Phi) is 5.52. The molecule has 0 fully saturated rings. The molecule has 1 aromatic heterocycles. The van der Waals surface area contributed by atoms with Gasteiger partial charge in [0.1, 0.15) is 17.2 Å². The van der Waals surface area contributed by atoms with Gasteiger partial charge in [-0.1, -0.05) is 13.3 Å². The van der Waals surface area contributed by atoms with E-state index in [-0.39, 0.29) is 6.61 Å². The average molecular weight is 418 g/mol. The van der Waals surface area contributed by atoms with E-state index in [4.69, 9.17) is 14.6 Å². The van der Waals surface area contributed by atoms with Crippen molar-refractivity contribution in [1.82, 2.24) is 4.98 Å². The first-order valence-electron chi connectivity index (χ1n) is 8.40. The van der Waals surface area contributed by atoms with Crippen molar-refractivity contribution in [1.29, 1.82) is 0 Å². The number of rotatable bonds is 7. The van der Waals surface area contributed by atoms with Crippen LogP contribution < -0.4 is 9.47 Å². The summed E-state index contributed by atoms with van der Waals surface area (Å²) >= 11 is 3.49. The zero-order valence-corrected chi connectivity index (χ0v) is 16.2. The van der Waals surface area contributed by atoms with E-state index in [0.717, 1.165) is 29.7 Å². The lowest BCUT2D eigenvalue weighted by Gasteiger charge is -2.13. The molecule has 2 aromatic carbocycles. The van der Waals surface area contributed by atoms with Crippen LogP contribution >= 0.6 is 15.9 Å². The summed E-state index contributed by atoms with van der Waals surface area (Å²) in [6.45, 7) is 3.68. The number of aromatic nitrogens is 1. The van der Waals surface area contributed by atoms with E-state index in [0.29, 0.717) is 16.0 Å². The Bertz CT molecular complexity index is 925. The molecule has 0 atom stereocenters. The van der Waals surface area contributed by atoms with Crippen LogP contribution in [-0.4, -0.2) is 22.7 Å². The number of halogens is 1. The van der Waals surface area contributed by atoms with Crippen LogP contribution in [0.5, 0.6) is 17.2 Å². The van der Waals surface area contributed by atoms with E-state index in [1.165, 1.54) is 10.9 Å². The summed E-state index contributed by atoms with van der Waals surface area (Å²) < 4.78 is 12.0. The van der Waals surface area contributed by atoms with Gasteiger partial charge in [-0.3, -0.25) is 0 Å². The van der Waals surface area contributed by atoms with Gasteiger partial charge in [-0.15, -0.1) is 0 Å². The number of hydrogen-bond acceptors (Lipinski definition) is 3. The Hall–Kier alpha value is -2.47. The molecule has 0 spiro atoms. The van der Waals surface area contributed by atoms with Crippen molar-refractivity contribution in [2.24, 2.45) is 0 Å². The summed E-state index contributed by atoms with van der Waals surface area (Å²) in [5.41, 5.74) is 3.22. The smallest absolute Gasteiger partial charge is 0.341 e. The predicted molar refractivity (Wildman–Crippen MR) is 104 cm³/mol. The second-order valence-electron chi connectivity index (χ2n) is 6.11. The maximum atomic E-state index is 10.6. The van der Waals surface area contributed by atoms with Crippen molar-refractivity contribution in [2.45, 2.75) is 26.7 Å². The molecular weight excluding hydrogens is 398 g/mol. The van der Waals surface area contributed by atoms with Crippen molar-refractivity contribution < 1.29 is 19.4 Å². The Labute approximate surface area is 160 Å². The third-order valence-electron chi connectivity index (χ3n) is 4.04. The van der Waals surface area contributed by atoms with Crippen LogP contribution in [0.3, 0.4) is 0 Å². The zero-order chi connectivity index (χ0) is 18.7. The number of carboxylic acid groups (broad SMARTS) is 1. The second-order valence-corrected chi connectivity index (χ2v) is 6.96. The molecule has 0 unspecified atom stereocenters. The summed E-state index contributed by atoms with van der Waals surface area (Å²) in [5.74, 6) is 0.897. The monoisotopic (exact) mass is 417 g/mol. The van der Waals surface area contributed by atoms with Crippen molar-refractivity contribution in [3.8, 4) is 17.2 Å². The maximum Gasteiger partial charge on any atom is 0.341 e. The predicted octanol–water partition coefficient (Wildman–Crippen LogP) is 5.45. The quantitative estimate of drug-likeness (QED) is 0.536. The summed E-state index contributed by atoms with van der Waals surface area (Å²) in [7, 11) is 0. The summed E-state index contributed by atoms with van der Waals surface area (Å²) in [6.07, 6.45) is 4.15. The minimum atomic E-state index is -1.01. The molecule has 136 valence electrons. The fraction of sp³-hybridized carbons (Fsp3) is 0.250. The summed E-state index contributed by atoms with van der Waals surface area (Å²) in [4.78, 5) is 13.9. The third kappa shape index (κ3) is 4.02. The molecule has 0 aliphatic rings. The first kappa shape index (κ1) is 18.3. The van der Waals surface area contributed by atoms with Gasteiger partial charge in [-0.2, -0.15) is 0 Å². The zero-order valence-electron chi connectivity index (χ0n) is 14.6. The highest BCUT2D eigenvalue weighted by Gasteiger charge is 2.12. The highest BCUT2D eigenvalue weighted by atomic mass is 79.9. The van der Waals surface area contributed by atoms with Gasteiger partial charge < -0.3 is 19.6 Å². The number of fused-ring (bicyclic) bond motifs is 1. The number of nitrogens with one attached hydrogen (secondary N) is 1. The molecule has 0 saturated heterocycles. The van der Waals surface area contributed by atoms with E-state index < -0.39 is 5.97 Å². The van der Waals surface area contributed by atoms with Gasteiger partial charge in [0.2, 0.25) is 0 Å². The molecule has 2 N–H and O–H groups in total. The molecule has 6 heteroatoms. The number of ether oxygens (including phenoxy) is 2. The highest BCUT2D eigenvalue weighted by molar-refractivity contribution is 9.10. The average Bonchev–Trinajstić information content (AvgIpc) is 2.99.